The predicted octanol–water partition coefficient (Wildman–Crippen LogP) is 2.20. The van der Waals surface area contributed by atoms with Crippen LogP contribution in [-0.2, 0) is 22.8 Å². The Labute approximate surface area is 152 Å². The van der Waals surface area contributed by atoms with E-state index in [4.69, 9.17) is 10.1 Å². The minimum Gasteiger partial charge on any atom is -0.348 e. The SMILES string of the molecule is O=S1(=O)CCC(c2nc(-c3ccccc3)nn2CCc2cnc[nH]2)CC1. The van der Waals surface area contributed by atoms with Crippen molar-refractivity contribution in [3.05, 3.63) is 54.4 Å². The largest absolute Gasteiger partial charge is 0.348 e. The molecule has 0 spiro atoms. The summed E-state index contributed by atoms with van der Waals surface area (Å²) in [6.45, 7) is 0.681. The van der Waals surface area contributed by atoms with Crippen molar-refractivity contribution in [1.82, 2.24) is 24.7 Å². The molecule has 2 aromatic heterocycles. The van der Waals surface area contributed by atoms with Gasteiger partial charge in [-0.05, 0) is 12.8 Å². The maximum atomic E-state index is 11.8. The van der Waals surface area contributed by atoms with Gasteiger partial charge >= 0.3 is 0 Å². The van der Waals surface area contributed by atoms with Gasteiger partial charge in [-0.25, -0.2) is 23.1 Å². The number of aromatic nitrogens is 5. The molecule has 4 rings (SSSR count). The molecular weight excluding hydrogens is 350 g/mol. The summed E-state index contributed by atoms with van der Waals surface area (Å²) in [6, 6.07) is 9.87. The van der Waals surface area contributed by atoms with Gasteiger partial charge in [-0.15, -0.1) is 0 Å². The minimum absolute atomic E-state index is 0.130. The fraction of sp³-hybridized carbons (Fsp3) is 0.389. The quantitative estimate of drug-likeness (QED) is 0.742. The third-order valence-electron chi connectivity index (χ3n) is 4.80. The van der Waals surface area contributed by atoms with E-state index in [0.29, 0.717) is 25.2 Å². The maximum absolute atomic E-state index is 11.8. The van der Waals surface area contributed by atoms with E-state index in [-0.39, 0.29) is 17.4 Å². The number of aryl methyl sites for hydroxylation is 2. The second kappa shape index (κ2) is 7.03. The molecule has 1 N–H and O–H groups in total. The van der Waals surface area contributed by atoms with Gasteiger partial charge in [0.05, 0.1) is 17.8 Å². The molecule has 0 radical (unpaired) electrons. The third kappa shape index (κ3) is 3.70. The van der Waals surface area contributed by atoms with Crippen LogP contribution in [0.2, 0.25) is 0 Å². The molecule has 0 saturated carbocycles. The number of H-pyrrole nitrogens is 1. The van der Waals surface area contributed by atoms with Crippen molar-refractivity contribution >= 4 is 9.84 Å². The van der Waals surface area contributed by atoms with Gasteiger partial charge in [-0.2, -0.15) is 5.10 Å². The molecule has 1 fully saturated rings. The van der Waals surface area contributed by atoms with Crippen LogP contribution in [-0.4, -0.2) is 44.7 Å². The van der Waals surface area contributed by atoms with Gasteiger partial charge < -0.3 is 4.98 Å². The van der Waals surface area contributed by atoms with Crippen LogP contribution in [0.5, 0.6) is 0 Å². The lowest BCUT2D eigenvalue weighted by Crippen LogP contribution is -2.24. The predicted molar refractivity (Wildman–Crippen MR) is 98.4 cm³/mol. The summed E-state index contributed by atoms with van der Waals surface area (Å²) in [5.74, 6) is 2.17. The third-order valence-corrected chi connectivity index (χ3v) is 6.52. The molecule has 0 bridgehead atoms. The number of hydrogen-bond acceptors (Lipinski definition) is 5. The van der Waals surface area contributed by atoms with Gasteiger partial charge in [-0.3, -0.25) is 0 Å². The van der Waals surface area contributed by atoms with Gasteiger partial charge in [-0.1, -0.05) is 30.3 Å². The maximum Gasteiger partial charge on any atom is 0.181 e. The number of rotatable bonds is 5. The van der Waals surface area contributed by atoms with Crippen LogP contribution in [0.15, 0.2) is 42.9 Å². The lowest BCUT2D eigenvalue weighted by atomic mass is 10.0. The molecule has 1 aliphatic heterocycles. The number of nitrogens with one attached hydrogen (secondary N) is 1. The Morgan fingerprint density at radius 2 is 1.92 bits per heavy atom. The number of hydrogen-bond donors (Lipinski definition) is 1. The smallest absolute Gasteiger partial charge is 0.181 e. The first-order valence-corrected chi connectivity index (χ1v) is 10.6. The number of benzene rings is 1. The Hall–Kier alpha value is -2.48. The Morgan fingerprint density at radius 1 is 1.15 bits per heavy atom. The summed E-state index contributed by atoms with van der Waals surface area (Å²) in [5.41, 5.74) is 2.01. The summed E-state index contributed by atoms with van der Waals surface area (Å²) < 4.78 is 25.5. The molecular formula is C18H21N5O2S. The van der Waals surface area contributed by atoms with Crippen LogP contribution in [0.3, 0.4) is 0 Å². The van der Waals surface area contributed by atoms with Gasteiger partial charge in [0, 0.05) is 36.3 Å². The summed E-state index contributed by atoms with van der Waals surface area (Å²) in [7, 11) is -2.90. The van der Waals surface area contributed by atoms with Crippen LogP contribution >= 0.6 is 0 Å². The highest BCUT2D eigenvalue weighted by molar-refractivity contribution is 7.91. The molecule has 3 heterocycles. The molecule has 7 nitrogen and oxygen atoms in total. The van der Waals surface area contributed by atoms with Crippen molar-refractivity contribution in [3.8, 4) is 11.4 Å². The van der Waals surface area contributed by atoms with Crippen molar-refractivity contribution < 1.29 is 8.42 Å². The van der Waals surface area contributed by atoms with E-state index in [9.17, 15) is 8.42 Å². The molecule has 26 heavy (non-hydrogen) atoms. The van der Waals surface area contributed by atoms with Crippen LogP contribution in [0, 0.1) is 0 Å². The average Bonchev–Trinajstić information content (AvgIpc) is 3.30. The monoisotopic (exact) mass is 371 g/mol. The minimum atomic E-state index is -2.90. The lowest BCUT2D eigenvalue weighted by Gasteiger charge is -2.21. The molecule has 3 aromatic rings. The van der Waals surface area contributed by atoms with E-state index in [1.807, 2.05) is 41.2 Å². The zero-order valence-corrected chi connectivity index (χ0v) is 15.2. The first-order chi connectivity index (χ1) is 12.6. The van der Waals surface area contributed by atoms with Crippen molar-refractivity contribution in [1.29, 1.82) is 0 Å². The number of nitrogens with zero attached hydrogens (tertiary/aromatic N) is 4. The Morgan fingerprint density at radius 3 is 2.62 bits per heavy atom. The fourth-order valence-corrected chi connectivity index (χ4v) is 4.82. The van der Waals surface area contributed by atoms with Gasteiger partial charge in [0.25, 0.3) is 0 Å². The van der Waals surface area contributed by atoms with Crippen LogP contribution < -0.4 is 0 Å². The molecule has 0 unspecified atom stereocenters. The molecule has 0 amide bonds. The van der Waals surface area contributed by atoms with E-state index < -0.39 is 9.84 Å². The molecule has 8 heteroatoms. The molecule has 0 atom stereocenters. The highest BCUT2D eigenvalue weighted by Crippen LogP contribution is 2.29. The van der Waals surface area contributed by atoms with E-state index in [1.54, 1.807) is 6.33 Å². The van der Waals surface area contributed by atoms with Crippen LogP contribution in [0.1, 0.15) is 30.3 Å². The Balaban J connectivity index is 1.62. The van der Waals surface area contributed by atoms with Gasteiger partial charge in [0.1, 0.15) is 15.7 Å². The highest BCUT2D eigenvalue weighted by Gasteiger charge is 2.29. The number of aromatic amines is 1. The van der Waals surface area contributed by atoms with Gasteiger partial charge in [0.2, 0.25) is 0 Å². The van der Waals surface area contributed by atoms with Gasteiger partial charge in [0.15, 0.2) is 5.82 Å². The van der Waals surface area contributed by atoms with Crippen LogP contribution in [0.25, 0.3) is 11.4 Å². The average molecular weight is 371 g/mol. The van der Waals surface area contributed by atoms with E-state index in [1.165, 1.54) is 0 Å². The summed E-state index contributed by atoms with van der Waals surface area (Å²) in [6.07, 6.45) is 5.47. The van der Waals surface area contributed by atoms with E-state index in [2.05, 4.69) is 9.97 Å². The highest BCUT2D eigenvalue weighted by atomic mass is 32.2. The lowest BCUT2D eigenvalue weighted by molar-refractivity contribution is 0.492. The van der Waals surface area contributed by atoms with Crippen LogP contribution in [0.4, 0.5) is 0 Å². The van der Waals surface area contributed by atoms with E-state index in [0.717, 1.165) is 23.5 Å². The van der Waals surface area contributed by atoms with Crippen molar-refractivity contribution in [2.45, 2.75) is 31.7 Å². The summed E-state index contributed by atoms with van der Waals surface area (Å²) >= 11 is 0. The Kier molecular flexibility index (Phi) is 4.58. The van der Waals surface area contributed by atoms with Crippen molar-refractivity contribution in [3.63, 3.8) is 0 Å². The number of sulfone groups is 1. The molecule has 1 aliphatic rings. The topological polar surface area (TPSA) is 93.5 Å². The zero-order valence-electron chi connectivity index (χ0n) is 14.4. The standard InChI is InChI=1S/C18H21N5O2S/c24-26(25)10-7-15(8-11-26)18-21-17(14-4-2-1-3-5-14)22-23(18)9-6-16-12-19-13-20-16/h1-5,12-13,15H,6-11H2,(H,19,20). The summed E-state index contributed by atoms with van der Waals surface area (Å²) in [4.78, 5) is 11.9. The van der Waals surface area contributed by atoms with Crippen molar-refractivity contribution in [2.24, 2.45) is 0 Å². The first kappa shape index (κ1) is 17.0. The Bertz CT molecular complexity index is 950. The number of imidazole rings is 1. The second-order valence-corrected chi connectivity index (χ2v) is 8.94. The van der Waals surface area contributed by atoms with E-state index >= 15 is 0 Å². The first-order valence-electron chi connectivity index (χ1n) is 8.78. The molecule has 1 saturated heterocycles. The normalized spacial score (nSPS) is 17.4. The molecule has 136 valence electrons. The fourth-order valence-electron chi connectivity index (χ4n) is 3.33. The molecule has 0 aliphatic carbocycles. The van der Waals surface area contributed by atoms with Crippen molar-refractivity contribution in [2.75, 3.05) is 11.5 Å². The summed E-state index contributed by atoms with van der Waals surface area (Å²) in [5, 5.41) is 4.71. The second-order valence-electron chi connectivity index (χ2n) is 6.64. The molecule has 1 aromatic carbocycles. The zero-order chi connectivity index (χ0) is 18.0.